The Labute approximate surface area is 170 Å². The highest BCUT2D eigenvalue weighted by Crippen LogP contribution is 2.23. The van der Waals surface area contributed by atoms with Crippen LogP contribution in [-0.4, -0.2) is 38.4 Å². The van der Waals surface area contributed by atoms with Crippen LogP contribution < -0.4 is 4.74 Å². The molecule has 0 atom stereocenters. The summed E-state index contributed by atoms with van der Waals surface area (Å²) in [6, 6.07) is 15.7. The van der Waals surface area contributed by atoms with Crippen LogP contribution in [0.5, 0.6) is 5.75 Å². The molecule has 152 valence electrons. The fourth-order valence-electron chi connectivity index (χ4n) is 2.35. The van der Waals surface area contributed by atoms with Gasteiger partial charge in [0.05, 0.1) is 13.2 Å². The standard InChI is InChI=1S/C23H24O6/c1-3-22(24)28-14-13-26-17-18-5-7-19(8-6-18)20-9-11-21(12-10-20)27-15-16-29-23(25)4-2/h3-12H,1-2,13-17H2. The third-order valence-corrected chi connectivity index (χ3v) is 3.81. The van der Waals surface area contributed by atoms with Gasteiger partial charge in [0.15, 0.2) is 0 Å². The van der Waals surface area contributed by atoms with E-state index in [2.05, 4.69) is 13.2 Å². The Bertz CT molecular complexity index is 808. The van der Waals surface area contributed by atoms with Gasteiger partial charge in [-0.15, -0.1) is 0 Å². The van der Waals surface area contributed by atoms with Gasteiger partial charge in [0.25, 0.3) is 0 Å². The molecule has 0 bridgehead atoms. The Morgan fingerprint density at radius 2 is 1.24 bits per heavy atom. The summed E-state index contributed by atoms with van der Waals surface area (Å²) >= 11 is 0. The van der Waals surface area contributed by atoms with Gasteiger partial charge in [-0.3, -0.25) is 0 Å². The number of benzene rings is 2. The maximum absolute atomic E-state index is 10.9. The molecule has 0 radical (unpaired) electrons. The van der Waals surface area contributed by atoms with Gasteiger partial charge in [0, 0.05) is 12.2 Å². The molecule has 0 saturated carbocycles. The number of hydrogen-bond donors (Lipinski definition) is 0. The molecular weight excluding hydrogens is 372 g/mol. The number of ether oxygens (including phenoxy) is 4. The van der Waals surface area contributed by atoms with Gasteiger partial charge in [-0.05, 0) is 28.8 Å². The van der Waals surface area contributed by atoms with Crippen LogP contribution in [-0.2, 0) is 30.4 Å². The molecule has 0 aliphatic rings. The third-order valence-electron chi connectivity index (χ3n) is 3.81. The van der Waals surface area contributed by atoms with E-state index in [1.165, 1.54) is 0 Å². The largest absolute Gasteiger partial charge is 0.490 e. The molecule has 0 N–H and O–H groups in total. The second-order valence-corrected chi connectivity index (χ2v) is 5.87. The topological polar surface area (TPSA) is 71.1 Å². The van der Waals surface area contributed by atoms with E-state index in [-0.39, 0.29) is 19.8 Å². The minimum absolute atomic E-state index is 0.173. The Kier molecular flexibility index (Phi) is 9.18. The highest BCUT2D eigenvalue weighted by Gasteiger charge is 2.02. The van der Waals surface area contributed by atoms with Crippen LogP contribution in [0.15, 0.2) is 73.8 Å². The Morgan fingerprint density at radius 3 is 1.79 bits per heavy atom. The van der Waals surface area contributed by atoms with E-state index in [0.717, 1.165) is 28.8 Å². The summed E-state index contributed by atoms with van der Waals surface area (Å²) in [6.45, 7) is 8.08. The van der Waals surface area contributed by atoms with Crippen molar-refractivity contribution in [1.82, 2.24) is 0 Å². The van der Waals surface area contributed by atoms with Crippen LogP contribution in [0.1, 0.15) is 5.56 Å². The Balaban J connectivity index is 1.76. The summed E-state index contributed by atoms with van der Waals surface area (Å²) in [5, 5.41) is 0. The van der Waals surface area contributed by atoms with Crippen molar-refractivity contribution in [2.75, 3.05) is 26.4 Å². The third kappa shape index (κ3) is 8.02. The molecule has 6 nitrogen and oxygen atoms in total. The molecule has 0 spiro atoms. The lowest BCUT2D eigenvalue weighted by molar-refractivity contribution is -0.139. The molecule has 0 aromatic heterocycles. The molecule has 0 aliphatic carbocycles. The highest BCUT2D eigenvalue weighted by molar-refractivity contribution is 5.81. The number of hydrogen-bond acceptors (Lipinski definition) is 6. The monoisotopic (exact) mass is 396 g/mol. The predicted octanol–water partition coefficient (Wildman–Crippen LogP) is 3.71. The summed E-state index contributed by atoms with van der Waals surface area (Å²) in [4.78, 5) is 21.9. The van der Waals surface area contributed by atoms with Crippen molar-refractivity contribution in [1.29, 1.82) is 0 Å². The zero-order chi connectivity index (χ0) is 20.9. The average molecular weight is 396 g/mol. The van der Waals surface area contributed by atoms with Crippen LogP contribution in [0.4, 0.5) is 0 Å². The van der Waals surface area contributed by atoms with Crippen LogP contribution in [0.3, 0.4) is 0 Å². The van der Waals surface area contributed by atoms with E-state index in [1.54, 1.807) is 0 Å². The van der Waals surface area contributed by atoms with Crippen LogP contribution in [0, 0.1) is 0 Å². The highest BCUT2D eigenvalue weighted by atomic mass is 16.6. The first kappa shape index (κ1) is 21.9. The minimum atomic E-state index is -0.464. The van der Waals surface area contributed by atoms with E-state index in [0.29, 0.717) is 19.0 Å². The molecule has 0 saturated heterocycles. The summed E-state index contributed by atoms with van der Waals surface area (Å²) < 4.78 is 20.7. The van der Waals surface area contributed by atoms with E-state index in [1.807, 2.05) is 48.5 Å². The second-order valence-electron chi connectivity index (χ2n) is 5.87. The molecule has 0 fully saturated rings. The van der Waals surface area contributed by atoms with Crippen LogP contribution >= 0.6 is 0 Å². The fourth-order valence-corrected chi connectivity index (χ4v) is 2.35. The van der Waals surface area contributed by atoms with E-state index in [9.17, 15) is 9.59 Å². The molecule has 0 heterocycles. The van der Waals surface area contributed by atoms with Crippen molar-refractivity contribution in [2.45, 2.75) is 6.61 Å². The van der Waals surface area contributed by atoms with E-state index < -0.39 is 11.9 Å². The Morgan fingerprint density at radius 1 is 0.724 bits per heavy atom. The van der Waals surface area contributed by atoms with Crippen molar-refractivity contribution < 1.29 is 28.5 Å². The van der Waals surface area contributed by atoms with E-state index >= 15 is 0 Å². The summed E-state index contributed by atoms with van der Waals surface area (Å²) in [7, 11) is 0. The lowest BCUT2D eigenvalue weighted by Gasteiger charge is -2.09. The zero-order valence-electron chi connectivity index (χ0n) is 16.2. The second kappa shape index (κ2) is 12.2. The van der Waals surface area contributed by atoms with Gasteiger partial charge in [0.1, 0.15) is 25.6 Å². The lowest BCUT2D eigenvalue weighted by Crippen LogP contribution is -2.10. The molecule has 0 aliphatic heterocycles. The molecule has 29 heavy (non-hydrogen) atoms. The summed E-state index contributed by atoms with van der Waals surface area (Å²) in [5.41, 5.74) is 3.15. The zero-order valence-corrected chi connectivity index (χ0v) is 16.2. The van der Waals surface area contributed by atoms with Crippen molar-refractivity contribution in [3.63, 3.8) is 0 Å². The number of esters is 2. The van der Waals surface area contributed by atoms with Crippen LogP contribution in [0.2, 0.25) is 0 Å². The van der Waals surface area contributed by atoms with Gasteiger partial charge in [-0.2, -0.15) is 0 Å². The first-order chi connectivity index (χ1) is 14.1. The molecule has 2 aromatic carbocycles. The molecule has 0 amide bonds. The number of carbonyl (C=O) groups excluding carboxylic acids is 2. The van der Waals surface area contributed by atoms with Gasteiger partial charge in [-0.1, -0.05) is 49.6 Å². The van der Waals surface area contributed by atoms with Gasteiger partial charge < -0.3 is 18.9 Å². The maximum Gasteiger partial charge on any atom is 0.330 e. The number of carbonyl (C=O) groups is 2. The molecule has 2 aromatic rings. The number of rotatable bonds is 12. The van der Waals surface area contributed by atoms with Gasteiger partial charge in [-0.25, -0.2) is 9.59 Å². The SMILES string of the molecule is C=CC(=O)OCCOCc1ccc(-c2ccc(OCCOC(=O)C=C)cc2)cc1. The van der Waals surface area contributed by atoms with E-state index in [4.69, 9.17) is 18.9 Å². The minimum Gasteiger partial charge on any atom is -0.490 e. The van der Waals surface area contributed by atoms with Gasteiger partial charge in [0.2, 0.25) is 0 Å². The lowest BCUT2D eigenvalue weighted by atomic mass is 10.0. The molecule has 6 heteroatoms. The van der Waals surface area contributed by atoms with Crippen molar-refractivity contribution in [3.05, 3.63) is 79.4 Å². The molecular formula is C23H24O6. The van der Waals surface area contributed by atoms with Crippen molar-refractivity contribution in [3.8, 4) is 16.9 Å². The molecule has 2 rings (SSSR count). The normalized spacial score (nSPS) is 10.1. The smallest absolute Gasteiger partial charge is 0.330 e. The van der Waals surface area contributed by atoms with Crippen molar-refractivity contribution in [2.24, 2.45) is 0 Å². The summed E-state index contributed by atoms with van der Waals surface area (Å²) in [5.74, 6) is -0.218. The summed E-state index contributed by atoms with van der Waals surface area (Å²) in [6.07, 6.45) is 2.24. The van der Waals surface area contributed by atoms with Crippen molar-refractivity contribution >= 4 is 11.9 Å². The quantitative estimate of drug-likeness (QED) is 0.309. The maximum atomic E-state index is 10.9. The van der Waals surface area contributed by atoms with Crippen LogP contribution in [0.25, 0.3) is 11.1 Å². The first-order valence-electron chi connectivity index (χ1n) is 9.10. The first-order valence-corrected chi connectivity index (χ1v) is 9.10. The molecule has 0 unspecified atom stereocenters. The average Bonchev–Trinajstić information content (AvgIpc) is 2.77. The van der Waals surface area contributed by atoms with Gasteiger partial charge >= 0.3 is 11.9 Å². The Hall–Kier alpha value is -3.38. The predicted molar refractivity (Wildman–Crippen MR) is 109 cm³/mol. The fraction of sp³-hybridized carbons (Fsp3) is 0.217.